The monoisotopic (exact) mass is 398 g/mol. The third-order valence-electron chi connectivity index (χ3n) is 3.93. The molecule has 2 rings (SSSR count). The van der Waals surface area contributed by atoms with Crippen LogP contribution in [0.25, 0.3) is 0 Å². The maximum absolute atomic E-state index is 12.1. The van der Waals surface area contributed by atoms with Gasteiger partial charge in [0.25, 0.3) is 5.91 Å². The first kappa shape index (κ1) is 21.9. The smallest absolute Gasteiger partial charge is 0.338 e. The van der Waals surface area contributed by atoms with Crippen molar-refractivity contribution in [3.8, 4) is 5.75 Å². The van der Waals surface area contributed by atoms with Gasteiger partial charge in [-0.3, -0.25) is 9.59 Å². The molecular weight excluding hydrogens is 372 g/mol. The summed E-state index contributed by atoms with van der Waals surface area (Å²) in [6.45, 7) is 5.17. The average molecular weight is 398 g/mol. The number of aryl methyl sites for hydroxylation is 1. The molecule has 0 radical (unpaired) electrons. The number of benzene rings is 2. The second-order valence-electron chi connectivity index (χ2n) is 6.93. The van der Waals surface area contributed by atoms with E-state index in [1.165, 1.54) is 11.9 Å². The van der Waals surface area contributed by atoms with Crippen LogP contribution in [0.2, 0.25) is 0 Å². The summed E-state index contributed by atoms with van der Waals surface area (Å²) in [6.07, 6.45) is 0.0316. The van der Waals surface area contributed by atoms with E-state index in [1.807, 2.05) is 32.9 Å². The van der Waals surface area contributed by atoms with Crippen LogP contribution in [-0.4, -0.2) is 49.0 Å². The molecule has 0 spiro atoms. The van der Waals surface area contributed by atoms with Crippen molar-refractivity contribution in [2.45, 2.75) is 26.9 Å². The molecule has 0 aliphatic heterocycles. The number of esters is 1. The van der Waals surface area contributed by atoms with Crippen LogP contribution in [-0.2, 0) is 14.3 Å². The van der Waals surface area contributed by atoms with E-state index in [0.717, 1.165) is 5.56 Å². The third-order valence-corrected chi connectivity index (χ3v) is 3.93. The van der Waals surface area contributed by atoms with Gasteiger partial charge in [-0.1, -0.05) is 17.7 Å². The predicted molar refractivity (Wildman–Crippen MR) is 110 cm³/mol. The molecular formula is C22H26N2O5. The first-order valence-corrected chi connectivity index (χ1v) is 9.29. The zero-order valence-electron chi connectivity index (χ0n) is 17.1. The van der Waals surface area contributed by atoms with Gasteiger partial charge in [-0.05, 0) is 57.2 Å². The van der Waals surface area contributed by atoms with Crippen LogP contribution in [0.4, 0.5) is 5.69 Å². The van der Waals surface area contributed by atoms with E-state index < -0.39 is 18.5 Å². The van der Waals surface area contributed by atoms with Crippen LogP contribution in [0.15, 0.2) is 48.5 Å². The van der Waals surface area contributed by atoms with E-state index in [4.69, 9.17) is 9.47 Å². The van der Waals surface area contributed by atoms with Gasteiger partial charge in [-0.2, -0.15) is 0 Å². The Bertz CT molecular complexity index is 845. The van der Waals surface area contributed by atoms with Crippen LogP contribution in [0.5, 0.6) is 5.75 Å². The summed E-state index contributed by atoms with van der Waals surface area (Å²) < 4.78 is 10.6. The number of hydrogen-bond acceptors (Lipinski definition) is 5. The van der Waals surface area contributed by atoms with Crippen molar-refractivity contribution in [3.63, 3.8) is 0 Å². The number of amides is 2. The molecule has 0 saturated carbocycles. The highest BCUT2D eigenvalue weighted by molar-refractivity contribution is 5.95. The minimum Gasteiger partial charge on any atom is -0.491 e. The first-order valence-electron chi connectivity index (χ1n) is 9.29. The first-order chi connectivity index (χ1) is 13.7. The minimum atomic E-state index is -0.619. The van der Waals surface area contributed by atoms with Crippen molar-refractivity contribution in [2.75, 3.05) is 25.5 Å². The molecule has 1 N–H and O–H groups in total. The number of ether oxygens (including phenoxy) is 2. The maximum atomic E-state index is 12.1. The molecule has 0 atom stereocenters. The molecule has 0 aromatic heterocycles. The molecule has 0 heterocycles. The lowest BCUT2D eigenvalue weighted by molar-refractivity contribution is -0.136. The Labute approximate surface area is 170 Å². The summed E-state index contributed by atoms with van der Waals surface area (Å²) in [5.74, 6) is -0.784. The van der Waals surface area contributed by atoms with E-state index >= 15 is 0 Å². The lowest BCUT2D eigenvalue weighted by atomic mass is 10.2. The van der Waals surface area contributed by atoms with Crippen LogP contribution in [0, 0.1) is 6.92 Å². The van der Waals surface area contributed by atoms with Crippen LogP contribution >= 0.6 is 0 Å². The van der Waals surface area contributed by atoms with E-state index in [9.17, 15) is 14.4 Å². The number of anilines is 1. The number of nitrogens with zero attached hydrogens (tertiary/aromatic N) is 1. The van der Waals surface area contributed by atoms with Gasteiger partial charge in [0.05, 0.1) is 18.2 Å². The van der Waals surface area contributed by atoms with Crippen LogP contribution < -0.4 is 10.1 Å². The third kappa shape index (κ3) is 7.29. The normalized spacial score (nSPS) is 10.4. The van der Waals surface area contributed by atoms with Gasteiger partial charge in [0.1, 0.15) is 5.75 Å². The quantitative estimate of drug-likeness (QED) is 0.691. The summed E-state index contributed by atoms with van der Waals surface area (Å²) in [5, 5.41) is 2.71. The van der Waals surface area contributed by atoms with E-state index in [-0.39, 0.29) is 18.6 Å². The molecule has 0 saturated heterocycles. The van der Waals surface area contributed by atoms with Gasteiger partial charge in [-0.15, -0.1) is 0 Å². The fourth-order valence-corrected chi connectivity index (χ4v) is 2.40. The average Bonchev–Trinajstić information content (AvgIpc) is 2.67. The fourth-order valence-electron chi connectivity index (χ4n) is 2.40. The summed E-state index contributed by atoms with van der Waals surface area (Å²) in [5.41, 5.74) is 2.05. The predicted octanol–water partition coefficient (Wildman–Crippen LogP) is 3.04. The molecule has 2 aromatic rings. The van der Waals surface area contributed by atoms with Crippen LogP contribution in [0.1, 0.15) is 29.8 Å². The molecule has 2 amide bonds. The maximum Gasteiger partial charge on any atom is 0.338 e. The molecule has 7 heteroatoms. The van der Waals surface area contributed by atoms with E-state index in [1.54, 1.807) is 36.4 Å². The number of carbonyl (C=O) groups is 3. The molecule has 0 fully saturated rings. The number of rotatable bonds is 8. The topological polar surface area (TPSA) is 84.9 Å². The Balaban J connectivity index is 1.79. The number of nitrogens with one attached hydrogen (secondary N) is 1. The SMILES string of the molecule is Cc1ccc(NC(=O)CN(C)C(=O)COC(=O)c2ccc(OC(C)C)cc2)cc1. The van der Waals surface area contributed by atoms with Crippen molar-refractivity contribution in [3.05, 3.63) is 59.7 Å². The second-order valence-corrected chi connectivity index (χ2v) is 6.93. The highest BCUT2D eigenvalue weighted by atomic mass is 16.5. The van der Waals surface area contributed by atoms with E-state index in [0.29, 0.717) is 17.0 Å². The highest BCUT2D eigenvalue weighted by Crippen LogP contribution is 2.14. The Morgan fingerprint density at radius 3 is 2.21 bits per heavy atom. The number of carbonyl (C=O) groups excluding carboxylic acids is 3. The molecule has 154 valence electrons. The standard InChI is InChI=1S/C22H26N2O5/c1-15(2)29-19-11-7-17(8-12-19)22(27)28-14-21(26)24(4)13-20(25)23-18-9-5-16(3)6-10-18/h5-12,15H,13-14H2,1-4H3,(H,23,25). The summed E-state index contributed by atoms with van der Waals surface area (Å²) in [4.78, 5) is 37.5. The summed E-state index contributed by atoms with van der Waals surface area (Å²) in [7, 11) is 1.48. The summed E-state index contributed by atoms with van der Waals surface area (Å²) >= 11 is 0. The Kier molecular flexibility index (Phi) is 7.77. The van der Waals surface area contributed by atoms with Crippen molar-refractivity contribution >= 4 is 23.5 Å². The molecule has 7 nitrogen and oxygen atoms in total. The zero-order valence-corrected chi connectivity index (χ0v) is 17.1. The second kappa shape index (κ2) is 10.3. The molecule has 0 aliphatic rings. The Morgan fingerprint density at radius 1 is 1.00 bits per heavy atom. The molecule has 29 heavy (non-hydrogen) atoms. The molecule has 0 bridgehead atoms. The minimum absolute atomic E-state index is 0.0316. The number of hydrogen-bond donors (Lipinski definition) is 1. The summed E-state index contributed by atoms with van der Waals surface area (Å²) in [6, 6.07) is 13.8. The van der Waals surface area contributed by atoms with Gasteiger partial charge in [0, 0.05) is 12.7 Å². The zero-order chi connectivity index (χ0) is 21.4. The largest absolute Gasteiger partial charge is 0.491 e. The molecule has 0 unspecified atom stereocenters. The molecule has 0 aliphatic carbocycles. The fraction of sp³-hybridized carbons (Fsp3) is 0.318. The Hall–Kier alpha value is -3.35. The van der Waals surface area contributed by atoms with Gasteiger partial charge < -0.3 is 19.7 Å². The van der Waals surface area contributed by atoms with Gasteiger partial charge in [-0.25, -0.2) is 4.79 Å². The number of likely N-dealkylation sites (N-methyl/N-ethyl adjacent to an activating group) is 1. The van der Waals surface area contributed by atoms with E-state index in [2.05, 4.69) is 5.32 Å². The van der Waals surface area contributed by atoms with Gasteiger partial charge in [0.2, 0.25) is 5.91 Å². The van der Waals surface area contributed by atoms with Crippen molar-refractivity contribution in [1.29, 1.82) is 0 Å². The lowest BCUT2D eigenvalue weighted by Crippen LogP contribution is -2.37. The Morgan fingerprint density at radius 2 is 1.62 bits per heavy atom. The van der Waals surface area contributed by atoms with Crippen molar-refractivity contribution < 1.29 is 23.9 Å². The van der Waals surface area contributed by atoms with Crippen LogP contribution in [0.3, 0.4) is 0 Å². The highest BCUT2D eigenvalue weighted by Gasteiger charge is 2.16. The van der Waals surface area contributed by atoms with Crippen molar-refractivity contribution in [2.24, 2.45) is 0 Å². The van der Waals surface area contributed by atoms with Gasteiger partial charge >= 0.3 is 5.97 Å². The van der Waals surface area contributed by atoms with Gasteiger partial charge in [0.15, 0.2) is 6.61 Å². The van der Waals surface area contributed by atoms with Crippen molar-refractivity contribution in [1.82, 2.24) is 4.90 Å². The lowest BCUT2D eigenvalue weighted by Gasteiger charge is -2.17. The molecule has 2 aromatic carbocycles.